The topological polar surface area (TPSA) is 52.3 Å². The van der Waals surface area contributed by atoms with Crippen LogP contribution in [0.5, 0.6) is 5.75 Å². The molecule has 0 atom stereocenters. The molecule has 0 saturated carbocycles. The standard InChI is InChI=1S/C17H13FN4OS/c1-23-15-5-3-2-4-13(15)16-19-20-17-22(16)21-14(10-24-17)11-6-8-12(18)9-7-11/h2-9H,10H2,1H3. The number of rotatable bonds is 3. The third-order valence-electron chi connectivity index (χ3n) is 3.70. The molecule has 120 valence electrons. The van der Waals surface area contributed by atoms with Crippen LogP contribution in [0, 0.1) is 5.82 Å². The summed E-state index contributed by atoms with van der Waals surface area (Å²) in [6, 6.07) is 13.9. The zero-order chi connectivity index (χ0) is 16.5. The van der Waals surface area contributed by atoms with Gasteiger partial charge in [0.1, 0.15) is 11.6 Å². The molecule has 2 heterocycles. The number of ether oxygens (including phenoxy) is 1. The molecular formula is C17H13FN4OS. The molecule has 0 spiro atoms. The minimum atomic E-state index is -0.262. The Kier molecular flexibility index (Phi) is 3.78. The van der Waals surface area contributed by atoms with Crippen LogP contribution in [0.15, 0.2) is 58.8 Å². The van der Waals surface area contributed by atoms with Crippen LogP contribution in [0.1, 0.15) is 5.56 Å². The van der Waals surface area contributed by atoms with Gasteiger partial charge in [-0.3, -0.25) is 0 Å². The predicted octanol–water partition coefficient (Wildman–Crippen LogP) is 3.45. The summed E-state index contributed by atoms with van der Waals surface area (Å²) in [7, 11) is 1.62. The maximum atomic E-state index is 13.1. The lowest BCUT2D eigenvalue weighted by molar-refractivity contribution is 0.416. The highest BCUT2D eigenvalue weighted by Gasteiger charge is 2.22. The molecule has 1 aliphatic rings. The Bertz CT molecular complexity index is 921. The Morgan fingerprint density at radius 3 is 2.67 bits per heavy atom. The molecule has 0 amide bonds. The fourth-order valence-electron chi connectivity index (χ4n) is 2.51. The van der Waals surface area contributed by atoms with E-state index < -0.39 is 0 Å². The first-order valence-electron chi connectivity index (χ1n) is 7.31. The number of hydrogen-bond acceptors (Lipinski definition) is 5. The zero-order valence-corrected chi connectivity index (χ0v) is 13.6. The van der Waals surface area contributed by atoms with Crippen molar-refractivity contribution in [3.05, 3.63) is 59.9 Å². The molecule has 3 aromatic rings. The molecule has 0 aliphatic carbocycles. The molecule has 0 saturated heterocycles. The van der Waals surface area contributed by atoms with E-state index >= 15 is 0 Å². The number of methoxy groups -OCH3 is 1. The van der Waals surface area contributed by atoms with Gasteiger partial charge < -0.3 is 4.74 Å². The van der Waals surface area contributed by atoms with Crippen LogP contribution in [0.2, 0.25) is 0 Å². The molecule has 0 bridgehead atoms. The van der Waals surface area contributed by atoms with E-state index in [0.29, 0.717) is 17.3 Å². The van der Waals surface area contributed by atoms with E-state index in [4.69, 9.17) is 4.74 Å². The van der Waals surface area contributed by atoms with Gasteiger partial charge in [0.25, 0.3) is 0 Å². The highest BCUT2D eigenvalue weighted by atomic mass is 32.2. The summed E-state index contributed by atoms with van der Waals surface area (Å²) in [5.41, 5.74) is 2.56. The van der Waals surface area contributed by atoms with E-state index in [1.54, 1.807) is 35.7 Å². The molecule has 7 heteroatoms. The van der Waals surface area contributed by atoms with Crippen LogP contribution >= 0.6 is 11.8 Å². The summed E-state index contributed by atoms with van der Waals surface area (Å²) in [6.45, 7) is 0. The van der Waals surface area contributed by atoms with Gasteiger partial charge in [-0.05, 0) is 29.8 Å². The monoisotopic (exact) mass is 340 g/mol. The van der Waals surface area contributed by atoms with Crippen molar-refractivity contribution < 1.29 is 9.13 Å². The molecule has 4 rings (SSSR count). The highest BCUT2D eigenvalue weighted by Crippen LogP contribution is 2.32. The number of fused-ring (bicyclic) bond motifs is 1. The van der Waals surface area contributed by atoms with Crippen molar-refractivity contribution in [3.8, 4) is 17.1 Å². The summed E-state index contributed by atoms with van der Waals surface area (Å²) >= 11 is 1.55. The lowest BCUT2D eigenvalue weighted by Crippen LogP contribution is -2.13. The molecule has 0 N–H and O–H groups in total. The summed E-state index contributed by atoms with van der Waals surface area (Å²) in [5.74, 6) is 1.73. The fourth-order valence-corrected chi connectivity index (χ4v) is 3.35. The van der Waals surface area contributed by atoms with Gasteiger partial charge in [0.05, 0.1) is 18.4 Å². The van der Waals surface area contributed by atoms with E-state index in [1.165, 1.54) is 12.1 Å². The summed E-state index contributed by atoms with van der Waals surface area (Å²) in [5, 5.41) is 13.9. The third kappa shape index (κ3) is 2.56. The number of nitrogens with zero attached hydrogens (tertiary/aromatic N) is 4. The van der Waals surface area contributed by atoms with Crippen LogP contribution < -0.4 is 4.74 Å². The van der Waals surface area contributed by atoms with Crippen LogP contribution in [-0.4, -0.2) is 33.4 Å². The van der Waals surface area contributed by atoms with Crippen molar-refractivity contribution in [1.82, 2.24) is 14.9 Å². The second-order valence-corrected chi connectivity index (χ2v) is 6.10. The number of benzene rings is 2. The molecule has 2 aromatic carbocycles. The van der Waals surface area contributed by atoms with Crippen LogP contribution in [-0.2, 0) is 0 Å². The van der Waals surface area contributed by atoms with Gasteiger partial charge in [-0.15, -0.1) is 10.2 Å². The van der Waals surface area contributed by atoms with Crippen LogP contribution in [0.3, 0.4) is 0 Å². The van der Waals surface area contributed by atoms with Crippen molar-refractivity contribution in [3.63, 3.8) is 0 Å². The zero-order valence-electron chi connectivity index (χ0n) is 12.8. The van der Waals surface area contributed by atoms with Crippen molar-refractivity contribution in [2.24, 2.45) is 5.10 Å². The quantitative estimate of drug-likeness (QED) is 0.733. The fraction of sp³-hybridized carbons (Fsp3) is 0.118. The van der Waals surface area contributed by atoms with E-state index in [0.717, 1.165) is 22.0 Å². The molecule has 1 aromatic heterocycles. The Hall–Kier alpha value is -2.67. The largest absolute Gasteiger partial charge is 0.496 e. The predicted molar refractivity (Wildman–Crippen MR) is 91.1 cm³/mol. The molecule has 5 nitrogen and oxygen atoms in total. The maximum absolute atomic E-state index is 13.1. The molecule has 24 heavy (non-hydrogen) atoms. The molecule has 0 radical (unpaired) electrons. The summed E-state index contributed by atoms with van der Waals surface area (Å²) in [4.78, 5) is 0. The number of thioether (sulfide) groups is 1. The normalized spacial score (nSPS) is 13.3. The van der Waals surface area contributed by atoms with Crippen LogP contribution in [0.4, 0.5) is 4.39 Å². The smallest absolute Gasteiger partial charge is 0.212 e. The van der Waals surface area contributed by atoms with Crippen molar-refractivity contribution in [2.75, 3.05) is 12.9 Å². The maximum Gasteiger partial charge on any atom is 0.212 e. The van der Waals surface area contributed by atoms with Gasteiger partial charge in [-0.2, -0.15) is 9.78 Å². The van der Waals surface area contributed by atoms with Crippen molar-refractivity contribution >= 4 is 17.5 Å². The first-order valence-corrected chi connectivity index (χ1v) is 8.30. The van der Waals surface area contributed by atoms with E-state index in [2.05, 4.69) is 15.3 Å². The van der Waals surface area contributed by atoms with Gasteiger partial charge in [0, 0.05) is 5.75 Å². The molecule has 1 aliphatic heterocycles. The Morgan fingerprint density at radius 2 is 1.88 bits per heavy atom. The minimum absolute atomic E-state index is 0.262. The Balaban J connectivity index is 1.81. The van der Waals surface area contributed by atoms with E-state index in [-0.39, 0.29) is 5.82 Å². The van der Waals surface area contributed by atoms with Crippen LogP contribution in [0.25, 0.3) is 11.4 Å². The van der Waals surface area contributed by atoms with Gasteiger partial charge in [0.2, 0.25) is 5.16 Å². The first-order chi connectivity index (χ1) is 11.8. The van der Waals surface area contributed by atoms with E-state index in [9.17, 15) is 4.39 Å². The SMILES string of the molecule is COc1ccccc1-c1nnc2n1N=C(c1ccc(F)cc1)CS2. The number of para-hydroxylation sites is 1. The molecule has 0 unspecified atom stereocenters. The average molecular weight is 340 g/mol. The van der Waals surface area contributed by atoms with Crippen molar-refractivity contribution in [1.29, 1.82) is 0 Å². The third-order valence-corrected chi connectivity index (χ3v) is 4.63. The molecular weight excluding hydrogens is 327 g/mol. The summed E-state index contributed by atoms with van der Waals surface area (Å²) < 4.78 is 20.2. The highest BCUT2D eigenvalue weighted by molar-refractivity contribution is 7.99. The second kappa shape index (κ2) is 6.09. The lowest BCUT2D eigenvalue weighted by atomic mass is 10.1. The summed E-state index contributed by atoms with van der Waals surface area (Å²) in [6.07, 6.45) is 0. The van der Waals surface area contributed by atoms with Crippen molar-refractivity contribution in [2.45, 2.75) is 5.16 Å². The lowest BCUT2D eigenvalue weighted by Gasteiger charge is -2.14. The number of aromatic nitrogens is 3. The van der Waals surface area contributed by atoms with Gasteiger partial charge >= 0.3 is 0 Å². The first kappa shape index (κ1) is 14.9. The average Bonchev–Trinajstić information content (AvgIpc) is 3.05. The minimum Gasteiger partial charge on any atom is -0.496 e. The second-order valence-electron chi connectivity index (χ2n) is 5.16. The number of halogens is 1. The Labute approximate surface area is 142 Å². The van der Waals surface area contributed by atoms with E-state index in [1.807, 2.05) is 24.3 Å². The van der Waals surface area contributed by atoms with Gasteiger partial charge in [-0.1, -0.05) is 36.0 Å². The van der Waals surface area contributed by atoms with Gasteiger partial charge in [-0.25, -0.2) is 4.39 Å². The van der Waals surface area contributed by atoms with Gasteiger partial charge in [0.15, 0.2) is 5.82 Å². The molecule has 0 fully saturated rings. The Morgan fingerprint density at radius 1 is 1.08 bits per heavy atom. The number of hydrogen-bond donors (Lipinski definition) is 0.